The van der Waals surface area contributed by atoms with E-state index in [-0.39, 0.29) is 0 Å². The van der Waals surface area contributed by atoms with E-state index in [9.17, 15) is 0 Å². The predicted molar refractivity (Wildman–Crippen MR) is 79.1 cm³/mol. The van der Waals surface area contributed by atoms with Gasteiger partial charge in [0.15, 0.2) is 0 Å². The third-order valence-corrected chi connectivity index (χ3v) is 3.57. The molecular weight excluding hydrogens is 314 g/mol. The molecule has 2 aromatic carbocycles. The fourth-order valence-corrected chi connectivity index (χ4v) is 2.12. The second kappa shape index (κ2) is 5.63. The highest BCUT2D eigenvalue weighted by atomic mass is 79.9. The summed E-state index contributed by atoms with van der Waals surface area (Å²) in [5, 5.41) is 0.597. The number of ether oxygens (including phenoxy) is 1. The SMILES string of the molecule is Cc1c(N)cccc1COc1cc(Br)ccc1Cl. The van der Waals surface area contributed by atoms with Gasteiger partial charge in [-0.3, -0.25) is 0 Å². The van der Waals surface area contributed by atoms with Gasteiger partial charge in [-0.25, -0.2) is 0 Å². The Kier molecular flexibility index (Phi) is 4.15. The van der Waals surface area contributed by atoms with Crippen LogP contribution >= 0.6 is 27.5 Å². The third-order valence-electron chi connectivity index (χ3n) is 2.76. The maximum absolute atomic E-state index is 6.06. The van der Waals surface area contributed by atoms with E-state index in [1.165, 1.54) is 0 Å². The molecule has 94 valence electrons. The van der Waals surface area contributed by atoms with Crippen molar-refractivity contribution in [2.75, 3.05) is 5.73 Å². The summed E-state index contributed by atoms with van der Waals surface area (Å²) in [7, 11) is 0. The van der Waals surface area contributed by atoms with E-state index >= 15 is 0 Å². The first kappa shape index (κ1) is 13.2. The number of hydrogen-bond donors (Lipinski definition) is 1. The van der Waals surface area contributed by atoms with Gasteiger partial charge < -0.3 is 10.5 Å². The van der Waals surface area contributed by atoms with Crippen LogP contribution in [0.25, 0.3) is 0 Å². The monoisotopic (exact) mass is 325 g/mol. The van der Waals surface area contributed by atoms with Crippen molar-refractivity contribution in [3.05, 3.63) is 57.0 Å². The maximum atomic E-state index is 6.06. The zero-order valence-electron chi connectivity index (χ0n) is 9.91. The van der Waals surface area contributed by atoms with Gasteiger partial charge in [-0.15, -0.1) is 0 Å². The highest BCUT2D eigenvalue weighted by molar-refractivity contribution is 9.10. The number of rotatable bonds is 3. The third kappa shape index (κ3) is 2.98. The van der Waals surface area contributed by atoms with Gasteiger partial charge >= 0.3 is 0 Å². The summed E-state index contributed by atoms with van der Waals surface area (Å²) in [6.45, 7) is 2.43. The molecule has 2 aromatic rings. The minimum Gasteiger partial charge on any atom is -0.487 e. The van der Waals surface area contributed by atoms with Gasteiger partial charge in [0, 0.05) is 10.2 Å². The zero-order valence-corrected chi connectivity index (χ0v) is 12.3. The number of nitrogen functional groups attached to an aromatic ring is 1. The van der Waals surface area contributed by atoms with Crippen LogP contribution in [-0.4, -0.2) is 0 Å². The largest absolute Gasteiger partial charge is 0.487 e. The van der Waals surface area contributed by atoms with Crippen molar-refractivity contribution in [2.45, 2.75) is 13.5 Å². The summed E-state index contributed by atoms with van der Waals surface area (Å²) in [6.07, 6.45) is 0. The molecule has 0 bridgehead atoms. The van der Waals surface area contributed by atoms with Gasteiger partial charge in [-0.2, -0.15) is 0 Å². The predicted octanol–water partition coefficient (Wildman–Crippen LogP) is 4.57. The second-order valence-electron chi connectivity index (χ2n) is 3.99. The van der Waals surface area contributed by atoms with E-state index in [2.05, 4.69) is 15.9 Å². The fraction of sp³-hybridized carbons (Fsp3) is 0.143. The molecule has 2 nitrogen and oxygen atoms in total. The summed E-state index contributed by atoms with van der Waals surface area (Å²) in [5.41, 5.74) is 8.74. The first-order valence-electron chi connectivity index (χ1n) is 5.50. The van der Waals surface area contributed by atoms with Crippen LogP contribution < -0.4 is 10.5 Å². The van der Waals surface area contributed by atoms with Crippen LogP contribution in [0.5, 0.6) is 5.75 Å². The quantitative estimate of drug-likeness (QED) is 0.838. The van der Waals surface area contributed by atoms with Crippen LogP contribution in [0, 0.1) is 6.92 Å². The van der Waals surface area contributed by atoms with Crippen LogP contribution in [0.4, 0.5) is 5.69 Å². The Hall–Kier alpha value is -1.19. The van der Waals surface area contributed by atoms with Crippen molar-refractivity contribution in [3.8, 4) is 5.75 Å². The Labute approximate surface area is 120 Å². The molecule has 0 unspecified atom stereocenters. The minimum atomic E-state index is 0.451. The molecule has 0 aromatic heterocycles. The van der Waals surface area contributed by atoms with Crippen molar-refractivity contribution < 1.29 is 4.74 Å². The van der Waals surface area contributed by atoms with E-state index in [4.69, 9.17) is 22.1 Å². The Balaban J connectivity index is 2.16. The van der Waals surface area contributed by atoms with Gasteiger partial charge in [-0.05, 0) is 42.3 Å². The highest BCUT2D eigenvalue weighted by Crippen LogP contribution is 2.29. The molecule has 2 N–H and O–H groups in total. The molecule has 0 amide bonds. The fourth-order valence-electron chi connectivity index (χ4n) is 1.60. The summed E-state index contributed by atoms with van der Waals surface area (Å²) in [5.74, 6) is 0.660. The summed E-state index contributed by atoms with van der Waals surface area (Å²) < 4.78 is 6.66. The first-order chi connectivity index (χ1) is 8.58. The molecule has 0 heterocycles. The smallest absolute Gasteiger partial charge is 0.139 e. The lowest BCUT2D eigenvalue weighted by molar-refractivity contribution is 0.305. The first-order valence-corrected chi connectivity index (χ1v) is 6.67. The van der Waals surface area contributed by atoms with Crippen LogP contribution in [0.2, 0.25) is 5.02 Å². The van der Waals surface area contributed by atoms with E-state index in [1.807, 2.05) is 37.3 Å². The van der Waals surface area contributed by atoms with Gasteiger partial charge in [0.2, 0.25) is 0 Å². The Morgan fingerprint density at radius 2 is 2.06 bits per heavy atom. The molecule has 0 aliphatic carbocycles. The average Bonchev–Trinajstić information content (AvgIpc) is 2.35. The van der Waals surface area contributed by atoms with Crippen molar-refractivity contribution in [1.29, 1.82) is 0 Å². The zero-order chi connectivity index (χ0) is 13.1. The van der Waals surface area contributed by atoms with Crippen LogP contribution in [0.3, 0.4) is 0 Å². The van der Waals surface area contributed by atoms with Crippen molar-refractivity contribution in [3.63, 3.8) is 0 Å². The topological polar surface area (TPSA) is 35.2 Å². The van der Waals surface area contributed by atoms with E-state index in [1.54, 1.807) is 6.07 Å². The van der Waals surface area contributed by atoms with Crippen molar-refractivity contribution in [1.82, 2.24) is 0 Å². The Morgan fingerprint density at radius 3 is 2.83 bits per heavy atom. The Bertz CT molecular complexity index is 570. The molecular formula is C14H13BrClNO. The molecule has 2 rings (SSSR count). The molecule has 0 saturated carbocycles. The molecule has 0 radical (unpaired) electrons. The molecule has 0 fully saturated rings. The molecule has 0 aliphatic rings. The summed E-state index contributed by atoms with van der Waals surface area (Å²) >= 11 is 9.45. The average molecular weight is 327 g/mol. The van der Waals surface area contributed by atoms with Crippen LogP contribution in [-0.2, 0) is 6.61 Å². The standard InChI is InChI=1S/C14H13BrClNO/c1-9-10(3-2-4-13(9)17)8-18-14-7-11(15)5-6-12(14)16/h2-7H,8,17H2,1H3. The lowest BCUT2D eigenvalue weighted by Crippen LogP contribution is -2.01. The van der Waals surface area contributed by atoms with Gasteiger partial charge in [0.25, 0.3) is 0 Å². The van der Waals surface area contributed by atoms with Gasteiger partial charge in [0.05, 0.1) is 5.02 Å². The van der Waals surface area contributed by atoms with Crippen LogP contribution in [0.1, 0.15) is 11.1 Å². The number of halogens is 2. The lowest BCUT2D eigenvalue weighted by atomic mass is 10.1. The molecule has 0 aliphatic heterocycles. The highest BCUT2D eigenvalue weighted by Gasteiger charge is 2.05. The number of benzene rings is 2. The van der Waals surface area contributed by atoms with E-state index in [0.29, 0.717) is 17.4 Å². The second-order valence-corrected chi connectivity index (χ2v) is 5.32. The molecule has 0 saturated heterocycles. The Morgan fingerprint density at radius 1 is 1.28 bits per heavy atom. The number of hydrogen-bond acceptors (Lipinski definition) is 2. The van der Waals surface area contributed by atoms with E-state index in [0.717, 1.165) is 21.3 Å². The molecule has 0 atom stereocenters. The van der Waals surface area contributed by atoms with Gasteiger partial charge in [-0.1, -0.05) is 39.7 Å². The molecule has 4 heteroatoms. The van der Waals surface area contributed by atoms with Crippen molar-refractivity contribution in [2.24, 2.45) is 0 Å². The molecule has 18 heavy (non-hydrogen) atoms. The normalized spacial score (nSPS) is 10.4. The maximum Gasteiger partial charge on any atom is 0.139 e. The van der Waals surface area contributed by atoms with E-state index < -0.39 is 0 Å². The van der Waals surface area contributed by atoms with Crippen molar-refractivity contribution >= 4 is 33.2 Å². The number of nitrogens with two attached hydrogens (primary N) is 1. The molecule has 0 spiro atoms. The van der Waals surface area contributed by atoms with Crippen LogP contribution in [0.15, 0.2) is 40.9 Å². The van der Waals surface area contributed by atoms with Gasteiger partial charge in [0.1, 0.15) is 12.4 Å². The minimum absolute atomic E-state index is 0.451. The summed E-state index contributed by atoms with van der Waals surface area (Å²) in [6, 6.07) is 11.3. The summed E-state index contributed by atoms with van der Waals surface area (Å²) in [4.78, 5) is 0. The lowest BCUT2D eigenvalue weighted by Gasteiger charge is -2.11. The number of anilines is 1.